The van der Waals surface area contributed by atoms with Gasteiger partial charge in [-0.15, -0.1) is 5.10 Å². The van der Waals surface area contributed by atoms with E-state index in [1.807, 2.05) is 6.92 Å². The molecule has 164 valence electrons. The molecule has 1 aromatic heterocycles. The second kappa shape index (κ2) is 8.35. The summed E-state index contributed by atoms with van der Waals surface area (Å²) in [5.74, 6) is -2.77. The second-order valence-corrected chi connectivity index (χ2v) is 8.50. The van der Waals surface area contributed by atoms with Crippen molar-refractivity contribution in [2.75, 3.05) is 10.0 Å². The van der Waals surface area contributed by atoms with Crippen LogP contribution < -0.4 is 10.0 Å². The van der Waals surface area contributed by atoms with Crippen LogP contribution in [0.5, 0.6) is 0 Å². The normalized spacial score (nSPS) is 11.5. The van der Waals surface area contributed by atoms with Crippen molar-refractivity contribution >= 4 is 38.3 Å². The summed E-state index contributed by atoms with van der Waals surface area (Å²) in [4.78, 5) is 12.1. The van der Waals surface area contributed by atoms with Gasteiger partial charge in [-0.1, -0.05) is 5.21 Å². The number of nitrogens with one attached hydrogen (secondary N) is 2. The summed E-state index contributed by atoms with van der Waals surface area (Å²) < 4.78 is 55.1. The zero-order chi connectivity index (χ0) is 22.9. The number of hydrogen-bond donors (Lipinski definition) is 2. The van der Waals surface area contributed by atoms with Gasteiger partial charge in [0.25, 0.3) is 15.9 Å². The maximum absolute atomic E-state index is 13.4. The van der Waals surface area contributed by atoms with Crippen LogP contribution in [0.25, 0.3) is 11.0 Å². The standard InChI is InChI=1S/C21H17F2N5O3S/c1-2-28-20-10-3-13(11-19(20)25-27-28)21(29)24-14-4-6-15(7-5-14)26-32(30,31)16-8-9-17(22)18(23)12-16/h3-12,26H,2H2,1H3,(H,24,29). The highest BCUT2D eigenvalue weighted by Crippen LogP contribution is 2.21. The summed E-state index contributed by atoms with van der Waals surface area (Å²) in [6, 6.07) is 13.2. The number of benzene rings is 3. The molecule has 0 fully saturated rings. The van der Waals surface area contributed by atoms with Crippen molar-refractivity contribution in [3.8, 4) is 0 Å². The van der Waals surface area contributed by atoms with Crippen molar-refractivity contribution in [2.45, 2.75) is 18.4 Å². The Morgan fingerprint density at radius 2 is 1.69 bits per heavy atom. The fourth-order valence-electron chi connectivity index (χ4n) is 3.03. The lowest BCUT2D eigenvalue weighted by atomic mass is 10.1. The molecule has 0 saturated heterocycles. The molecular formula is C21H17F2N5O3S. The Bertz CT molecular complexity index is 1420. The molecule has 0 aliphatic heterocycles. The van der Waals surface area contributed by atoms with Gasteiger partial charge in [-0.3, -0.25) is 9.52 Å². The average Bonchev–Trinajstić information content (AvgIpc) is 3.19. The summed E-state index contributed by atoms with van der Waals surface area (Å²) in [7, 11) is -4.11. The lowest BCUT2D eigenvalue weighted by Gasteiger charge is -2.10. The summed E-state index contributed by atoms with van der Waals surface area (Å²) in [5, 5.41) is 10.8. The molecule has 4 rings (SSSR count). The van der Waals surface area contributed by atoms with E-state index in [1.54, 1.807) is 22.9 Å². The first-order chi connectivity index (χ1) is 15.3. The van der Waals surface area contributed by atoms with Crippen LogP contribution in [0.2, 0.25) is 0 Å². The van der Waals surface area contributed by atoms with Gasteiger partial charge in [-0.05, 0) is 67.6 Å². The molecule has 3 aromatic carbocycles. The van der Waals surface area contributed by atoms with Crippen LogP contribution in [-0.2, 0) is 16.6 Å². The number of sulfonamides is 1. The number of nitrogens with zero attached hydrogens (tertiary/aromatic N) is 3. The van der Waals surface area contributed by atoms with Gasteiger partial charge in [-0.25, -0.2) is 21.9 Å². The van der Waals surface area contributed by atoms with Gasteiger partial charge in [0, 0.05) is 23.5 Å². The quantitative estimate of drug-likeness (QED) is 0.458. The molecule has 32 heavy (non-hydrogen) atoms. The highest BCUT2D eigenvalue weighted by atomic mass is 32.2. The number of rotatable bonds is 6. The predicted octanol–water partition coefficient (Wildman–Crippen LogP) is 3.78. The number of carbonyl (C=O) groups excluding carboxylic acids is 1. The Kier molecular flexibility index (Phi) is 5.57. The molecule has 8 nitrogen and oxygen atoms in total. The smallest absolute Gasteiger partial charge is 0.261 e. The topological polar surface area (TPSA) is 106 Å². The Morgan fingerprint density at radius 3 is 2.38 bits per heavy atom. The van der Waals surface area contributed by atoms with Crippen LogP contribution in [0.1, 0.15) is 17.3 Å². The SMILES string of the molecule is CCn1nnc2cc(C(=O)Nc3ccc(NS(=O)(=O)c4ccc(F)c(F)c4)cc3)ccc21. The number of amides is 1. The molecule has 0 saturated carbocycles. The van der Waals surface area contributed by atoms with Crippen LogP contribution in [0.4, 0.5) is 20.2 Å². The van der Waals surface area contributed by atoms with Gasteiger partial charge in [0.2, 0.25) is 0 Å². The molecule has 0 atom stereocenters. The van der Waals surface area contributed by atoms with E-state index in [0.717, 1.165) is 17.6 Å². The van der Waals surface area contributed by atoms with Crippen molar-refractivity contribution in [2.24, 2.45) is 0 Å². The highest BCUT2D eigenvalue weighted by Gasteiger charge is 2.17. The van der Waals surface area contributed by atoms with Crippen molar-refractivity contribution < 1.29 is 22.0 Å². The maximum Gasteiger partial charge on any atom is 0.261 e. The molecule has 0 aliphatic carbocycles. The number of halogens is 2. The Morgan fingerprint density at radius 1 is 0.969 bits per heavy atom. The average molecular weight is 457 g/mol. The Hall–Kier alpha value is -3.86. The van der Waals surface area contributed by atoms with Crippen LogP contribution in [0.3, 0.4) is 0 Å². The van der Waals surface area contributed by atoms with Gasteiger partial charge in [-0.2, -0.15) is 0 Å². The van der Waals surface area contributed by atoms with E-state index in [0.29, 0.717) is 29.4 Å². The minimum Gasteiger partial charge on any atom is -0.322 e. The largest absolute Gasteiger partial charge is 0.322 e. The molecule has 4 aromatic rings. The van der Waals surface area contributed by atoms with Gasteiger partial charge in [0.1, 0.15) is 5.52 Å². The van der Waals surface area contributed by atoms with Crippen molar-refractivity contribution in [1.82, 2.24) is 15.0 Å². The number of anilines is 2. The van der Waals surface area contributed by atoms with Crippen LogP contribution in [0.15, 0.2) is 65.6 Å². The highest BCUT2D eigenvalue weighted by molar-refractivity contribution is 7.92. The van der Waals surface area contributed by atoms with E-state index in [1.165, 1.54) is 24.3 Å². The first-order valence-electron chi connectivity index (χ1n) is 9.49. The summed E-state index contributed by atoms with van der Waals surface area (Å²) in [6.45, 7) is 2.60. The summed E-state index contributed by atoms with van der Waals surface area (Å²) >= 11 is 0. The molecule has 0 unspecified atom stereocenters. The van der Waals surface area contributed by atoms with Crippen LogP contribution >= 0.6 is 0 Å². The third-order valence-electron chi connectivity index (χ3n) is 4.67. The molecule has 1 amide bonds. The van der Waals surface area contributed by atoms with E-state index >= 15 is 0 Å². The van der Waals surface area contributed by atoms with Gasteiger partial charge >= 0.3 is 0 Å². The molecule has 11 heteroatoms. The molecular weight excluding hydrogens is 440 g/mol. The molecule has 0 aliphatic rings. The number of fused-ring (bicyclic) bond motifs is 1. The minimum atomic E-state index is -4.11. The fraction of sp³-hybridized carbons (Fsp3) is 0.0952. The third-order valence-corrected chi connectivity index (χ3v) is 6.05. The Labute approximate surface area is 181 Å². The lowest BCUT2D eigenvalue weighted by molar-refractivity contribution is 0.102. The first-order valence-corrected chi connectivity index (χ1v) is 11.0. The number of hydrogen-bond acceptors (Lipinski definition) is 5. The van der Waals surface area contributed by atoms with Gasteiger partial charge in [0.15, 0.2) is 11.6 Å². The van der Waals surface area contributed by atoms with Crippen LogP contribution in [-0.4, -0.2) is 29.3 Å². The number of aromatic nitrogens is 3. The molecule has 1 heterocycles. The molecule has 0 radical (unpaired) electrons. The number of aryl methyl sites for hydroxylation is 1. The maximum atomic E-state index is 13.4. The Balaban J connectivity index is 1.46. The van der Waals surface area contributed by atoms with Crippen molar-refractivity contribution in [3.05, 3.63) is 77.9 Å². The zero-order valence-electron chi connectivity index (χ0n) is 16.7. The lowest BCUT2D eigenvalue weighted by Crippen LogP contribution is -2.14. The summed E-state index contributed by atoms with van der Waals surface area (Å²) in [6.07, 6.45) is 0. The molecule has 0 bridgehead atoms. The summed E-state index contributed by atoms with van der Waals surface area (Å²) in [5.41, 5.74) is 2.43. The second-order valence-electron chi connectivity index (χ2n) is 6.82. The zero-order valence-corrected chi connectivity index (χ0v) is 17.5. The van der Waals surface area contributed by atoms with Crippen molar-refractivity contribution in [3.63, 3.8) is 0 Å². The van der Waals surface area contributed by atoms with Crippen LogP contribution in [0, 0.1) is 11.6 Å². The van der Waals surface area contributed by atoms with E-state index in [4.69, 9.17) is 0 Å². The van der Waals surface area contributed by atoms with E-state index < -0.39 is 26.6 Å². The van der Waals surface area contributed by atoms with Gasteiger partial charge < -0.3 is 5.32 Å². The first kappa shape index (κ1) is 21.4. The van der Waals surface area contributed by atoms with E-state index in [2.05, 4.69) is 20.4 Å². The fourth-order valence-corrected chi connectivity index (χ4v) is 4.10. The predicted molar refractivity (Wildman–Crippen MR) is 115 cm³/mol. The molecule has 2 N–H and O–H groups in total. The van der Waals surface area contributed by atoms with E-state index in [9.17, 15) is 22.0 Å². The van der Waals surface area contributed by atoms with Gasteiger partial charge in [0.05, 0.1) is 10.4 Å². The third kappa shape index (κ3) is 4.28. The monoisotopic (exact) mass is 457 g/mol. The number of carbonyl (C=O) groups is 1. The van der Waals surface area contributed by atoms with Crippen molar-refractivity contribution in [1.29, 1.82) is 0 Å². The van der Waals surface area contributed by atoms with E-state index in [-0.39, 0.29) is 11.6 Å². The minimum absolute atomic E-state index is 0.185. The molecule has 0 spiro atoms.